The van der Waals surface area contributed by atoms with Crippen molar-refractivity contribution in [3.63, 3.8) is 0 Å². The summed E-state index contributed by atoms with van der Waals surface area (Å²) in [5.41, 5.74) is 6.84. The number of rotatable bonds is 6. The van der Waals surface area contributed by atoms with Gasteiger partial charge in [-0.2, -0.15) is 5.26 Å². The third-order valence-corrected chi connectivity index (χ3v) is 2.70. The Hall–Kier alpha value is -1.60. The summed E-state index contributed by atoms with van der Waals surface area (Å²) < 4.78 is 0. The van der Waals surface area contributed by atoms with Gasteiger partial charge in [-0.1, -0.05) is 19.9 Å². The van der Waals surface area contributed by atoms with Crippen LogP contribution in [0, 0.1) is 17.2 Å². The second kappa shape index (κ2) is 6.97. The molecule has 0 bridgehead atoms. The quantitative estimate of drug-likeness (QED) is 0.837. The molecule has 0 saturated carbocycles. The molecule has 0 unspecified atom stereocenters. The molecule has 0 aliphatic heterocycles. The van der Waals surface area contributed by atoms with Crippen LogP contribution >= 0.6 is 0 Å². The van der Waals surface area contributed by atoms with Gasteiger partial charge in [0.1, 0.15) is 5.82 Å². The number of aromatic nitrogens is 1. The van der Waals surface area contributed by atoms with Crippen molar-refractivity contribution in [1.29, 1.82) is 5.26 Å². The van der Waals surface area contributed by atoms with Crippen LogP contribution in [0.15, 0.2) is 18.3 Å². The highest BCUT2D eigenvalue weighted by atomic mass is 15.2. The van der Waals surface area contributed by atoms with Crippen LogP contribution in [0.4, 0.5) is 5.82 Å². The predicted molar refractivity (Wildman–Crippen MR) is 74.1 cm³/mol. The van der Waals surface area contributed by atoms with E-state index in [9.17, 15) is 0 Å². The number of hydrogen-bond acceptors (Lipinski definition) is 4. The first-order valence-corrected chi connectivity index (χ1v) is 6.38. The van der Waals surface area contributed by atoms with Crippen LogP contribution in [0.3, 0.4) is 0 Å². The van der Waals surface area contributed by atoms with Crippen molar-refractivity contribution < 1.29 is 0 Å². The first-order valence-electron chi connectivity index (χ1n) is 6.38. The fraction of sp³-hybridized carbons (Fsp3) is 0.571. The van der Waals surface area contributed by atoms with Gasteiger partial charge in [0.05, 0.1) is 12.5 Å². The van der Waals surface area contributed by atoms with E-state index in [1.54, 1.807) is 0 Å². The Balaban J connectivity index is 2.81. The van der Waals surface area contributed by atoms with E-state index in [-0.39, 0.29) is 6.04 Å². The summed E-state index contributed by atoms with van der Waals surface area (Å²) in [6.45, 7) is 7.90. The molecule has 0 radical (unpaired) electrons. The monoisotopic (exact) mass is 246 g/mol. The fourth-order valence-corrected chi connectivity index (χ4v) is 1.78. The van der Waals surface area contributed by atoms with Crippen molar-refractivity contribution in [2.75, 3.05) is 18.0 Å². The van der Waals surface area contributed by atoms with Crippen LogP contribution in [0.25, 0.3) is 0 Å². The van der Waals surface area contributed by atoms with Gasteiger partial charge < -0.3 is 10.6 Å². The summed E-state index contributed by atoms with van der Waals surface area (Å²) in [4.78, 5) is 6.59. The van der Waals surface area contributed by atoms with Crippen LogP contribution in [-0.4, -0.2) is 18.1 Å². The first kappa shape index (κ1) is 14.5. The molecule has 98 valence electrons. The molecule has 2 N–H and O–H groups in total. The number of nitrogens with two attached hydrogens (primary N) is 1. The molecule has 0 spiro atoms. The highest BCUT2D eigenvalue weighted by molar-refractivity contribution is 5.40. The van der Waals surface area contributed by atoms with Gasteiger partial charge in [0, 0.05) is 25.3 Å². The highest BCUT2D eigenvalue weighted by Crippen LogP contribution is 2.16. The smallest absolute Gasteiger partial charge is 0.128 e. The largest absolute Gasteiger partial charge is 0.355 e. The van der Waals surface area contributed by atoms with Crippen molar-refractivity contribution in [2.24, 2.45) is 11.7 Å². The minimum Gasteiger partial charge on any atom is -0.355 e. The van der Waals surface area contributed by atoms with E-state index >= 15 is 0 Å². The number of pyridine rings is 1. The lowest BCUT2D eigenvalue weighted by molar-refractivity contribution is 0.607. The fourth-order valence-electron chi connectivity index (χ4n) is 1.78. The molecule has 0 amide bonds. The molecule has 1 heterocycles. The summed E-state index contributed by atoms with van der Waals surface area (Å²) in [6, 6.07) is 6.18. The molecule has 1 rings (SSSR count). The second-order valence-electron chi connectivity index (χ2n) is 4.99. The lowest BCUT2D eigenvalue weighted by Gasteiger charge is -2.25. The molecular weight excluding hydrogens is 224 g/mol. The highest BCUT2D eigenvalue weighted by Gasteiger charge is 2.10. The predicted octanol–water partition coefficient (Wildman–Crippen LogP) is 2.48. The topological polar surface area (TPSA) is 65.9 Å². The third kappa shape index (κ3) is 4.34. The molecule has 0 fully saturated rings. The molecular formula is C14H22N4. The zero-order valence-electron chi connectivity index (χ0n) is 11.4. The van der Waals surface area contributed by atoms with Crippen LogP contribution in [0.2, 0.25) is 0 Å². The normalized spacial score (nSPS) is 12.2. The van der Waals surface area contributed by atoms with Crippen LogP contribution in [-0.2, 0) is 0 Å². The van der Waals surface area contributed by atoms with E-state index in [2.05, 4.69) is 29.8 Å². The van der Waals surface area contributed by atoms with E-state index in [0.29, 0.717) is 12.3 Å². The summed E-state index contributed by atoms with van der Waals surface area (Å²) in [6.07, 6.45) is 2.34. The van der Waals surface area contributed by atoms with Gasteiger partial charge >= 0.3 is 0 Å². The van der Waals surface area contributed by atoms with Crippen LogP contribution < -0.4 is 10.6 Å². The molecule has 18 heavy (non-hydrogen) atoms. The van der Waals surface area contributed by atoms with Gasteiger partial charge in [0.25, 0.3) is 0 Å². The van der Waals surface area contributed by atoms with Gasteiger partial charge in [-0.25, -0.2) is 4.98 Å². The van der Waals surface area contributed by atoms with Crippen LogP contribution in [0.1, 0.15) is 38.8 Å². The Kier molecular flexibility index (Phi) is 5.60. The summed E-state index contributed by atoms with van der Waals surface area (Å²) in [5.74, 6) is 1.46. The summed E-state index contributed by atoms with van der Waals surface area (Å²) in [5, 5.41) is 8.70. The van der Waals surface area contributed by atoms with Gasteiger partial charge in [-0.15, -0.1) is 0 Å². The van der Waals surface area contributed by atoms with E-state index in [0.717, 1.165) is 24.5 Å². The van der Waals surface area contributed by atoms with Crippen LogP contribution in [0.5, 0.6) is 0 Å². The Morgan fingerprint density at radius 2 is 2.11 bits per heavy atom. The van der Waals surface area contributed by atoms with E-state index < -0.39 is 0 Å². The Morgan fingerprint density at radius 3 is 2.56 bits per heavy atom. The molecule has 1 atom stereocenters. The molecule has 0 aliphatic rings. The van der Waals surface area contributed by atoms with Crippen molar-refractivity contribution in [3.8, 4) is 6.07 Å². The second-order valence-corrected chi connectivity index (χ2v) is 4.99. The lowest BCUT2D eigenvalue weighted by Crippen LogP contribution is -2.29. The molecule has 1 aromatic heterocycles. The maximum absolute atomic E-state index is 8.70. The van der Waals surface area contributed by atoms with Gasteiger partial charge in [0.15, 0.2) is 0 Å². The third-order valence-electron chi connectivity index (χ3n) is 2.70. The first-order chi connectivity index (χ1) is 8.54. The number of nitriles is 1. The summed E-state index contributed by atoms with van der Waals surface area (Å²) in [7, 11) is 0. The SMILES string of the molecule is CC(C)CN(CCC#N)c1ccc([C@H](C)N)cn1. The maximum atomic E-state index is 8.70. The van der Waals surface area contributed by atoms with Crippen molar-refractivity contribution in [1.82, 2.24) is 4.98 Å². The Labute approximate surface area is 109 Å². The Morgan fingerprint density at radius 1 is 1.39 bits per heavy atom. The molecule has 4 nitrogen and oxygen atoms in total. The lowest BCUT2D eigenvalue weighted by atomic mass is 10.1. The zero-order chi connectivity index (χ0) is 13.5. The van der Waals surface area contributed by atoms with Crippen molar-refractivity contribution in [3.05, 3.63) is 23.9 Å². The van der Waals surface area contributed by atoms with E-state index in [1.807, 2.05) is 25.3 Å². The minimum atomic E-state index is 0.00390. The number of hydrogen-bond donors (Lipinski definition) is 1. The average molecular weight is 246 g/mol. The molecule has 4 heteroatoms. The van der Waals surface area contributed by atoms with Crippen molar-refractivity contribution >= 4 is 5.82 Å². The molecule has 0 saturated heterocycles. The van der Waals surface area contributed by atoms with E-state index in [1.165, 1.54) is 0 Å². The molecule has 0 aromatic carbocycles. The Bertz CT molecular complexity index is 389. The molecule has 1 aromatic rings. The zero-order valence-corrected chi connectivity index (χ0v) is 11.4. The van der Waals surface area contributed by atoms with Gasteiger partial charge in [-0.3, -0.25) is 0 Å². The number of nitrogens with zero attached hydrogens (tertiary/aromatic N) is 3. The molecule has 0 aliphatic carbocycles. The standard InChI is InChI=1S/C14H22N4/c1-11(2)10-18(8-4-7-15)14-6-5-13(9-17-14)12(3)16/h5-6,9,11-12H,4,8,10,16H2,1-3H3/t12-/m0/s1. The minimum absolute atomic E-state index is 0.00390. The summed E-state index contributed by atoms with van der Waals surface area (Å²) >= 11 is 0. The van der Waals surface area contributed by atoms with Crippen molar-refractivity contribution in [2.45, 2.75) is 33.2 Å². The average Bonchev–Trinajstić information content (AvgIpc) is 2.34. The maximum Gasteiger partial charge on any atom is 0.128 e. The number of anilines is 1. The van der Waals surface area contributed by atoms with Gasteiger partial charge in [-0.05, 0) is 24.5 Å². The van der Waals surface area contributed by atoms with E-state index in [4.69, 9.17) is 11.0 Å². The van der Waals surface area contributed by atoms with Gasteiger partial charge in [0.2, 0.25) is 0 Å².